The van der Waals surface area contributed by atoms with Gasteiger partial charge < -0.3 is 9.29 Å². The Bertz CT molecular complexity index is 509. The predicted molar refractivity (Wildman–Crippen MR) is 58.0 cm³/mol. The van der Waals surface area contributed by atoms with Gasteiger partial charge in [0, 0.05) is 11.1 Å². The highest BCUT2D eigenvalue weighted by Crippen LogP contribution is 2.27. The van der Waals surface area contributed by atoms with E-state index in [9.17, 15) is 8.76 Å². The first-order chi connectivity index (χ1) is 7.20. The van der Waals surface area contributed by atoms with Crippen LogP contribution < -0.4 is 4.74 Å². The molecule has 80 valence electrons. The maximum Gasteiger partial charge on any atom is 0.168 e. The highest BCUT2D eigenvalue weighted by molar-refractivity contribution is 7.81. The van der Waals surface area contributed by atoms with Gasteiger partial charge in [0.25, 0.3) is 0 Å². The van der Waals surface area contributed by atoms with Crippen LogP contribution in [0.3, 0.4) is 0 Å². The van der Waals surface area contributed by atoms with Crippen LogP contribution in [0.1, 0.15) is 6.92 Å². The average Bonchev–Trinajstić information content (AvgIpc) is 2.61. The van der Waals surface area contributed by atoms with Crippen LogP contribution in [-0.4, -0.2) is 20.4 Å². The van der Waals surface area contributed by atoms with Crippen molar-refractivity contribution in [2.75, 3.05) is 6.61 Å². The number of aromatic nitrogens is 1. The maximum absolute atomic E-state index is 10.7. The summed E-state index contributed by atoms with van der Waals surface area (Å²) in [5.41, 5.74) is 0.683. The third-order valence-electron chi connectivity index (χ3n) is 1.79. The molecule has 0 fully saturated rings. The molecule has 0 bridgehead atoms. The van der Waals surface area contributed by atoms with Crippen LogP contribution in [0.15, 0.2) is 22.5 Å². The molecular formula is C9H8NO3S2-. The second-order valence-electron chi connectivity index (χ2n) is 2.78. The molecule has 2 aromatic rings. The first-order valence-corrected chi connectivity index (χ1v) is 6.22. The van der Waals surface area contributed by atoms with E-state index < -0.39 is 11.1 Å². The van der Waals surface area contributed by atoms with Crippen LogP contribution in [0.4, 0.5) is 0 Å². The molecule has 6 heteroatoms. The zero-order valence-corrected chi connectivity index (χ0v) is 9.56. The van der Waals surface area contributed by atoms with Gasteiger partial charge in [-0.3, -0.25) is 4.21 Å². The van der Waals surface area contributed by atoms with Crippen molar-refractivity contribution in [1.29, 1.82) is 0 Å². The summed E-state index contributed by atoms with van der Waals surface area (Å²) in [5, 5.41) is 0. The molecule has 4 nitrogen and oxygen atoms in total. The van der Waals surface area contributed by atoms with Crippen molar-refractivity contribution in [3.63, 3.8) is 0 Å². The maximum atomic E-state index is 10.7. The summed E-state index contributed by atoms with van der Waals surface area (Å²) >= 11 is -1.11. The van der Waals surface area contributed by atoms with Crippen LogP contribution in [0, 0.1) is 0 Å². The van der Waals surface area contributed by atoms with Gasteiger partial charge in [-0.25, -0.2) is 4.98 Å². The Kier molecular flexibility index (Phi) is 2.99. The molecular weight excluding hydrogens is 234 g/mol. The summed E-state index contributed by atoms with van der Waals surface area (Å²) < 4.78 is 27.6. The van der Waals surface area contributed by atoms with E-state index >= 15 is 0 Å². The van der Waals surface area contributed by atoms with Crippen LogP contribution in [0.5, 0.6) is 5.75 Å². The highest BCUT2D eigenvalue weighted by atomic mass is 32.2. The largest absolute Gasteiger partial charge is 0.767 e. The number of hydrogen-bond donors (Lipinski definition) is 0. The molecule has 0 aliphatic rings. The topological polar surface area (TPSA) is 62.2 Å². The van der Waals surface area contributed by atoms with Crippen molar-refractivity contribution in [3.8, 4) is 5.75 Å². The molecule has 0 radical (unpaired) electrons. The second kappa shape index (κ2) is 4.26. The molecule has 1 unspecified atom stereocenters. The summed E-state index contributed by atoms with van der Waals surface area (Å²) in [6.45, 7) is 2.49. The second-order valence-corrected chi connectivity index (χ2v) is 4.92. The monoisotopic (exact) mass is 242 g/mol. The average molecular weight is 242 g/mol. The van der Waals surface area contributed by atoms with E-state index in [1.54, 1.807) is 18.2 Å². The molecule has 0 spiro atoms. The minimum Gasteiger partial charge on any atom is -0.767 e. The Labute approximate surface area is 93.2 Å². The van der Waals surface area contributed by atoms with E-state index in [0.717, 1.165) is 21.8 Å². The molecule has 0 aliphatic carbocycles. The Morgan fingerprint density at radius 3 is 3.07 bits per heavy atom. The van der Waals surface area contributed by atoms with Crippen LogP contribution >= 0.6 is 11.3 Å². The SMILES string of the molecule is CCOc1ccc2nc(S(=O)[O-])sc2c1. The Hall–Kier alpha value is -0.980. The normalized spacial score (nSPS) is 12.9. The lowest BCUT2D eigenvalue weighted by Gasteiger charge is -2.00. The Balaban J connectivity index is 2.47. The third kappa shape index (κ3) is 2.17. The van der Waals surface area contributed by atoms with Gasteiger partial charge in [0.05, 0.1) is 16.8 Å². The fourth-order valence-corrected chi connectivity index (χ4v) is 2.65. The molecule has 0 amide bonds. The fraction of sp³-hybridized carbons (Fsp3) is 0.222. The summed E-state index contributed by atoms with van der Waals surface area (Å²) in [7, 11) is 0. The van der Waals surface area contributed by atoms with E-state index in [1.165, 1.54) is 0 Å². The van der Waals surface area contributed by atoms with Gasteiger partial charge in [-0.05, 0) is 25.1 Å². The van der Waals surface area contributed by atoms with Gasteiger partial charge in [0.2, 0.25) is 0 Å². The number of thiazole rings is 1. The number of rotatable bonds is 3. The Morgan fingerprint density at radius 1 is 1.60 bits per heavy atom. The lowest BCUT2D eigenvalue weighted by Crippen LogP contribution is -1.90. The standard InChI is InChI=1S/C9H9NO3S2/c1-2-13-6-3-4-7-8(5-6)14-9(10-7)15(11)12/h3-5H,2H2,1H3,(H,11,12)/p-1. The lowest BCUT2D eigenvalue weighted by molar-refractivity contribution is 0.341. The van der Waals surface area contributed by atoms with Gasteiger partial charge in [-0.1, -0.05) is 0 Å². The number of hydrogen-bond acceptors (Lipinski definition) is 5. The molecule has 1 aromatic carbocycles. The van der Waals surface area contributed by atoms with Crippen molar-refractivity contribution < 1.29 is 13.5 Å². The summed E-state index contributed by atoms with van der Waals surface area (Å²) in [5.74, 6) is 0.733. The first-order valence-electron chi connectivity index (χ1n) is 4.33. The molecule has 1 heterocycles. The molecule has 0 saturated heterocycles. The highest BCUT2D eigenvalue weighted by Gasteiger charge is 2.05. The number of ether oxygens (including phenoxy) is 1. The summed E-state index contributed by atoms with van der Waals surface area (Å²) in [6, 6.07) is 5.34. The zero-order valence-electron chi connectivity index (χ0n) is 7.93. The van der Waals surface area contributed by atoms with Crippen LogP contribution in [-0.2, 0) is 11.1 Å². The van der Waals surface area contributed by atoms with E-state index in [2.05, 4.69) is 4.98 Å². The quantitative estimate of drug-likeness (QED) is 0.771. The summed E-state index contributed by atoms with van der Waals surface area (Å²) in [4.78, 5) is 3.96. The van der Waals surface area contributed by atoms with Gasteiger partial charge in [-0.2, -0.15) is 0 Å². The van der Waals surface area contributed by atoms with Gasteiger partial charge >= 0.3 is 0 Å². The minimum atomic E-state index is -2.26. The fourth-order valence-electron chi connectivity index (χ4n) is 1.21. The van der Waals surface area contributed by atoms with Crippen molar-refractivity contribution in [2.45, 2.75) is 11.3 Å². The smallest absolute Gasteiger partial charge is 0.168 e. The van der Waals surface area contributed by atoms with E-state index in [0.29, 0.717) is 12.1 Å². The number of fused-ring (bicyclic) bond motifs is 1. The zero-order chi connectivity index (χ0) is 10.8. The first kappa shape index (κ1) is 10.5. The molecule has 1 atom stereocenters. The Morgan fingerprint density at radius 2 is 2.40 bits per heavy atom. The van der Waals surface area contributed by atoms with Crippen molar-refractivity contribution in [2.24, 2.45) is 0 Å². The van der Waals surface area contributed by atoms with Gasteiger partial charge in [-0.15, -0.1) is 11.3 Å². The molecule has 2 rings (SSSR count). The van der Waals surface area contributed by atoms with Gasteiger partial charge in [0.15, 0.2) is 4.34 Å². The molecule has 0 saturated carbocycles. The predicted octanol–water partition coefficient (Wildman–Crippen LogP) is 1.93. The lowest BCUT2D eigenvalue weighted by atomic mass is 10.3. The molecule has 15 heavy (non-hydrogen) atoms. The minimum absolute atomic E-state index is 0.110. The van der Waals surface area contributed by atoms with Crippen molar-refractivity contribution in [3.05, 3.63) is 18.2 Å². The number of benzene rings is 1. The van der Waals surface area contributed by atoms with Crippen LogP contribution in [0.25, 0.3) is 10.2 Å². The van der Waals surface area contributed by atoms with Crippen molar-refractivity contribution >= 4 is 32.6 Å². The van der Waals surface area contributed by atoms with E-state index in [1.807, 2.05) is 6.92 Å². The van der Waals surface area contributed by atoms with E-state index in [4.69, 9.17) is 4.74 Å². The third-order valence-corrected chi connectivity index (χ3v) is 3.64. The number of nitrogens with zero attached hydrogens (tertiary/aromatic N) is 1. The molecule has 1 aromatic heterocycles. The van der Waals surface area contributed by atoms with Crippen LogP contribution in [0.2, 0.25) is 0 Å². The van der Waals surface area contributed by atoms with Gasteiger partial charge in [0.1, 0.15) is 5.75 Å². The molecule has 0 N–H and O–H groups in total. The summed E-state index contributed by atoms with van der Waals surface area (Å²) in [6.07, 6.45) is 0. The van der Waals surface area contributed by atoms with Crippen molar-refractivity contribution in [1.82, 2.24) is 4.98 Å². The molecule has 0 aliphatic heterocycles. The van der Waals surface area contributed by atoms with E-state index in [-0.39, 0.29) is 4.34 Å².